The van der Waals surface area contributed by atoms with Gasteiger partial charge in [0, 0.05) is 25.8 Å². The van der Waals surface area contributed by atoms with Crippen molar-refractivity contribution in [2.75, 3.05) is 20.1 Å². The zero-order valence-electron chi connectivity index (χ0n) is 10.9. The van der Waals surface area contributed by atoms with Gasteiger partial charge < -0.3 is 10.2 Å². The van der Waals surface area contributed by atoms with Crippen molar-refractivity contribution in [1.29, 1.82) is 0 Å². The first-order valence-electron chi connectivity index (χ1n) is 6.20. The molecule has 0 spiro atoms. The Hall–Kier alpha value is -1.26. The van der Waals surface area contributed by atoms with E-state index in [1.165, 1.54) is 17.7 Å². The molecule has 1 aliphatic rings. The molecule has 0 atom stereocenters. The molecular formula is C13H24N4. The molecule has 0 aromatic carbocycles. The number of hydrogen-bond acceptors (Lipinski definition) is 4. The van der Waals surface area contributed by atoms with E-state index in [0.29, 0.717) is 6.54 Å². The molecule has 0 aromatic heterocycles. The summed E-state index contributed by atoms with van der Waals surface area (Å²) in [6, 6.07) is 0. The molecule has 4 nitrogen and oxygen atoms in total. The quantitative estimate of drug-likeness (QED) is 0.483. The second kappa shape index (κ2) is 7.14. The van der Waals surface area contributed by atoms with Crippen LogP contribution in [0.2, 0.25) is 0 Å². The van der Waals surface area contributed by atoms with E-state index in [1.807, 2.05) is 6.08 Å². The van der Waals surface area contributed by atoms with Crippen LogP contribution < -0.4 is 16.6 Å². The standard InChI is InChI=1S/C13H24N4/c1-4-7-12(10-16-14)17(3)13-11(5-2)8-6-9-15-13/h5,7,15-16H,2,4,6,8-10,14H2,1,3H3/b12-7-. The van der Waals surface area contributed by atoms with Crippen molar-refractivity contribution in [2.45, 2.75) is 26.2 Å². The second-order valence-corrected chi connectivity index (χ2v) is 4.15. The summed E-state index contributed by atoms with van der Waals surface area (Å²) in [5.41, 5.74) is 5.17. The molecule has 0 amide bonds. The Morgan fingerprint density at radius 2 is 2.41 bits per heavy atom. The topological polar surface area (TPSA) is 53.3 Å². The van der Waals surface area contributed by atoms with Crippen LogP contribution in [0.4, 0.5) is 0 Å². The fourth-order valence-electron chi connectivity index (χ4n) is 2.06. The van der Waals surface area contributed by atoms with Crippen LogP contribution in [0.1, 0.15) is 26.2 Å². The summed E-state index contributed by atoms with van der Waals surface area (Å²) in [5, 5.41) is 3.44. The van der Waals surface area contributed by atoms with E-state index in [4.69, 9.17) is 5.84 Å². The molecule has 0 aromatic rings. The Bertz CT molecular complexity index is 317. The summed E-state index contributed by atoms with van der Waals surface area (Å²) < 4.78 is 0. The van der Waals surface area contributed by atoms with Crippen molar-refractivity contribution >= 4 is 0 Å². The van der Waals surface area contributed by atoms with Gasteiger partial charge in [-0.1, -0.05) is 25.7 Å². The monoisotopic (exact) mass is 236 g/mol. The van der Waals surface area contributed by atoms with Crippen LogP contribution in [0, 0.1) is 0 Å². The molecule has 96 valence electrons. The van der Waals surface area contributed by atoms with Gasteiger partial charge in [0.25, 0.3) is 0 Å². The summed E-state index contributed by atoms with van der Waals surface area (Å²) in [7, 11) is 2.07. The number of hydrazine groups is 1. The summed E-state index contributed by atoms with van der Waals surface area (Å²) >= 11 is 0. The highest BCUT2D eigenvalue weighted by atomic mass is 15.3. The van der Waals surface area contributed by atoms with E-state index in [2.05, 4.69) is 42.3 Å². The predicted molar refractivity (Wildman–Crippen MR) is 72.8 cm³/mol. The summed E-state index contributed by atoms with van der Waals surface area (Å²) in [4.78, 5) is 2.17. The summed E-state index contributed by atoms with van der Waals surface area (Å²) in [5.74, 6) is 6.57. The van der Waals surface area contributed by atoms with E-state index in [9.17, 15) is 0 Å². The average molecular weight is 236 g/mol. The lowest BCUT2D eigenvalue weighted by Gasteiger charge is -2.31. The van der Waals surface area contributed by atoms with Crippen LogP contribution in [0.5, 0.6) is 0 Å². The third-order valence-corrected chi connectivity index (χ3v) is 2.96. The Labute approximate surface area is 104 Å². The molecule has 4 heteroatoms. The largest absolute Gasteiger partial charge is 0.371 e. The van der Waals surface area contributed by atoms with E-state index in [-0.39, 0.29) is 0 Å². The van der Waals surface area contributed by atoms with Crippen LogP contribution >= 0.6 is 0 Å². The molecule has 4 N–H and O–H groups in total. The van der Waals surface area contributed by atoms with Crippen molar-refractivity contribution in [1.82, 2.24) is 15.6 Å². The minimum atomic E-state index is 0.667. The molecule has 0 bridgehead atoms. The molecule has 0 radical (unpaired) electrons. The fourth-order valence-corrected chi connectivity index (χ4v) is 2.06. The molecule has 0 aliphatic carbocycles. The molecular weight excluding hydrogens is 212 g/mol. The Morgan fingerprint density at radius 3 is 3.00 bits per heavy atom. The summed E-state index contributed by atoms with van der Waals surface area (Å²) in [6.07, 6.45) is 7.38. The highest BCUT2D eigenvalue weighted by Gasteiger charge is 2.15. The van der Waals surface area contributed by atoms with Gasteiger partial charge in [-0.05, 0) is 24.8 Å². The summed E-state index contributed by atoms with van der Waals surface area (Å²) in [6.45, 7) is 7.70. The Morgan fingerprint density at radius 1 is 1.65 bits per heavy atom. The van der Waals surface area contributed by atoms with Gasteiger partial charge in [0.2, 0.25) is 0 Å². The lowest BCUT2D eigenvalue weighted by Crippen LogP contribution is -2.37. The normalized spacial score (nSPS) is 16.8. The number of nitrogens with one attached hydrogen (secondary N) is 2. The van der Waals surface area contributed by atoms with Gasteiger partial charge in [0.05, 0.1) is 0 Å². The van der Waals surface area contributed by atoms with E-state index in [0.717, 1.165) is 25.2 Å². The fraction of sp³-hybridized carbons (Fsp3) is 0.538. The predicted octanol–water partition coefficient (Wildman–Crippen LogP) is 1.46. The molecule has 1 rings (SSSR count). The van der Waals surface area contributed by atoms with Crippen LogP contribution in [-0.2, 0) is 0 Å². The molecule has 1 aliphatic heterocycles. The molecule has 0 fully saturated rings. The van der Waals surface area contributed by atoms with E-state index in [1.54, 1.807) is 0 Å². The smallest absolute Gasteiger partial charge is 0.109 e. The van der Waals surface area contributed by atoms with Gasteiger partial charge in [-0.25, -0.2) is 0 Å². The zero-order chi connectivity index (χ0) is 12.7. The molecule has 0 saturated heterocycles. The minimum absolute atomic E-state index is 0.667. The third kappa shape index (κ3) is 3.61. The zero-order valence-corrected chi connectivity index (χ0v) is 10.9. The maximum absolute atomic E-state index is 5.42. The third-order valence-electron chi connectivity index (χ3n) is 2.96. The lowest BCUT2D eigenvalue weighted by molar-refractivity contribution is 0.425. The van der Waals surface area contributed by atoms with Gasteiger partial charge in [0.1, 0.15) is 5.82 Å². The number of rotatable bonds is 6. The van der Waals surface area contributed by atoms with Crippen LogP contribution in [-0.4, -0.2) is 25.0 Å². The minimum Gasteiger partial charge on any atom is -0.371 e. The number of allylic oxidation sites excluding steroid dienone is 3. The maximum atomic E-state index is 5.42. The molecule has 0 unspecified atom stereocenters. The average Bonchev–Trinajstić information content (AvgIpc) is 2.37. The first-order chi connectivity index (χ1) is 8.24. The number of hydrogen-bond donors (Lipinski definition) is 3. The van der Waals surface area contributed by atoms with Crippen molar-refractivity contribution in [3.63, 3.8) is 0 Å². The van der Waals surface area contributed by atoms with E-state index < -0.39 is 0 Å². The van der Waals surface area contributed by atoms with Crippen LogP contribution in [0.15, 0.2) is 35.8 Å². The van der Waals surface area contributed by atoms with Crippen molar-refractivity contribution in [2.24, 2.45) is 5.84 Å². The Kier molecular flexibility index (Phi) is 5.80. The first-order valence-corrected chi connectivity index (χ1v) is 6.20. The Balaban J connectivity index is 2.91. The van der Waals surface area contributed by atoms with Gasteiger partial charge in [0.15, 0.2) is 0 Å². The van der Waals surface area contributed by atoms with Crippen molar-refractivity contribution in [3.8, 4) is 0 Å². The van der Waals surface area contributed by atoms with Gasteiger partial charge in [-0.2, -0.15) is 0 Å². The van der Waals surface area contributed by atoms with Gasteiger partial charge in [-0.3, -0.25) is 11.3 Å². The highest BCUT2D eigenvalue weighted by molar-refractivity contribution is 5.27. The van der Waals surface area contributed by atoms with E-state index >= 15 is 0 Å². The SMILES string of the molecule is C=CC1=C(N(C)/C(=C\CC)CNN)NCCC1. The number of nitrogens with two attached hydrogens (primary N) is 1. The first kappa shape index (κ1) is 13.8. The molecule has 0 saturated carbocycles. The van der Waals surface area contributed by atoms with Gasteiger partial charge >= 0.3 is 0 Å². The van der Waals surface area contributed by atoms with Gasteiger partial charge in [-0.15, -0.1) is 0 Å². The number of nitrogens with zero attached hydrogens (tertiary/aromatic N) is 1. The van der Waals surface area contributed by atoms with Crippen LogP contribution in [0.25, 0.3) is 0 Å². The molecule has 1 heterocycles. The highest BCUT2D eigenvalue weighted by Crippen LogP contribution is 2.20. The van der Waals surface area contributed by atoms with Crippen molar-refractivity contribution < 1.29 is 0 Å². The maximum Gasteiger partial charge on any atom is 0.109 e. The van der Waals surface area contributed by atoms with Crippen molar-refractivity contribution in [3.05, 3.63) is 35.8 Å². The molecule has 17 heavy (non-hydrogen) atoms. The van der Waals surface area contributed by atoms with Crippen LogP contribution in [0.3, 0.4) is 0 Å². The second-order valence-electron chi connectivity index (χ2n) is 4.15. The number of likely N-dealkylation sites (N-methyl/N-ethyl adjacent to an activating group) is 1. The lowest BCUT2D eigenvalue weighted by atomic mass is 10.1.